The van der Waals surface area contributed by atoms with Gasteiger partial charge in [0.1, 0.15) is 5.75 Å². The zero-order valence-corrected chi connectivity index (χ0v) is 14.0. The zero-order chi connectivity index (χ0) is 17.3. The molecule has 130 valence electrons. The maximum atomic E-state index is 13.0. The summed E-state index contributed by atoms with van der Waals surface area (Å²) in [6.45, 7) is 6.07. The third-order valence-corrected chi connectivity index (χ3v) is 4.64. The molecular formula is C17H23N3O4. The van der Waals surface area contributed by atoms with Crippen LogP contribution < -0.4 is 16.6 Å². The van der Waals surface area contributed by atoms with Crippen LogP contribution in [0.1, 0.15) is 26.3 Å². The highest BCUT2D eigenvalue weighted by atomic mass is 16.5. The van der Waals surface area contributed by atoms with Crippen molar-refractivity contribution in [1.82, 2.24) is 14.5 Å². The van der Waals surface area contributed by atoms with E-state index in [9.17, 15) is 14.7 Å². The van der Waals surface area contributed by atoms with Gasteiger partial charge in [-0.15, -0.1) is 0 Å². The first kappa shape index (κ1) is 16.7. The van der Waals surface area contributed by atoms with Crippen LogP contribution in [-0.4, -0.2) is 40.0 Å². The molecule has 2 N–H and O–H groups in total. The molecule has 7 heteroatoms. The number of rotatable bonds is 4. The van der Waals surface area contributed by atoms with Gasteiger partial charge in [0.25, 0.3) is 5.56 Å². The molecule has 1 aliphatic rings. The van der Waals surface area contributed by atoms with Gasteiger partial charge in [0.15, 0.2) is 0 Å². The molecule has 7 nitrogen and oxygen atoms in total. The molecule has 2 unspecified atom stereocenters. The average molecular weight is 333 g/mol. The second-order valence-corrected chi connectivity index (χ2v) is 6.01. The van der Waals surface area contributed by atoms with E-state index in [0.717, 1.165) is 0 Å². The standard InChI is InChI=1S/C17H23N3O4/c1-3-14(13-10-24-8-7-18-13)20-16(22)12-9-11(21)5-6-15(12)19(4-2)17(20)23/h5-6,9,13-14,18,21H,3-4,7-8,10H2,1-2H3. The molecule has 1 aromatic heterocycles. The molecule has 24 heavy (non-hydrogen) atoms. The number of hydrogen-bond donors (Lipinski definition) is 2. The quantitative estimate of drug-likeness (QED) is 0.865. The molecule has 0 spiro atoms. The number of benzene rings is 1. The highest BCUT2D eigenvalue weighted by Gasteiger charge is 2.28. The van der Waals surface area contributed by atoms with Gasteiger partial charge < -0.3 is 15.2 Å². The SMILES string of the molecule is CCC(C1COCCN1)n1c(=O)c2cc(O)ccc2n(CC)c1=O. The van der Waals surface area contributed by atoms with Crippen molar-refractivity contribution in [2.24, 2.45) is 0 Å². The minimum absolute atomic E-state index is 0.0135. The summed E-state index contributed by atoms with van der Waals surface area (Å²) in [5.74, 6) is 0.0135. The van der Waals surface area contributed by atoms with E-state index in [2.05, 4.69) is 5.32 Å². The fourth-order valence-corrected chi connectivity index (χ4v) is 3.46. The Morgan fingerprint density at radius 3 is 2.79 bits per heavy atom. The van der Waals surface area contributed by atoms with Crippen molar-refractivity contribution < 1.29 is 9.84 Å². The van der Waals surface area contributed by atoms with Gasteiger partial charge in [-0.1, -0.05) is 6.92 Å². The van der Waals surface area contributed by atoms with Crippen LogP contribution in [0, 0.1) is 0 Å². The van der Waals surface area contributed by atoms with Crippen molar-refractivity contribution >= 4 is 10.9 Å². The monoisotopic (exact) mass is 333 g/mol. The predicted octanol–water partition coefficient (Wildman–Crippen LogP) is 0.828. The largest absolute Gasteiger partial charge is 0.508 e. The van der Waals surface area contributed by atoms with E-state index in [1.807, 2.05) is 13.8 Å². The van der Waals surface area contributed by atoms with E-state index in [-0.39, 0.29) is 29.1 Å². The number of nitrogens with one attached hydrogen (secondary N) is 1. The van der Waals surface area contributed by atoms with Crippen LogP contribution in [0.15, 0.2) is 27.8 Å². The maximum absolute atomic E-state index is 13.0. The summed E-state index contributed by atoms with van der Waals surface area (Å²) in [5.41, 5.74) is -0.140. The van der Waals surface area contributed by atoms with Crippen LogP contribution in [-0.2, 0) is 11.3 Å². The molecular weight excluding hydrogens is 310 g/mol. The topological polar surface area (TPSA) is 85.5 Å². The molecule has 1 aliphatic heterocycles. The number of hydrogen-bond acceptors (Lipinski definition) is 5. The summed E-state index contributed by atoms with van der Waals surface area (Å²) >= 11 is 0. The Balaban J connectivity index is 2.26. The lowest BCUT2D eigenvalue weighted by Crippen LogP contribution is -2.52. The number of aromatic nitrogens is 2. The first-order valence-corrected chi connectivity index (χ1v) is 8.37. The molecule has 0 bridgehead atoms. The summed E-state index contributed by atoms with van der Waals surface area (Å²) < 4.78 is 8.39. The van der Waals surface area contributed by atoms with Crippen LogP contribution in [0.2, 0.25) is 0 Å². The molecule has 2 heterocycles. The van der Waals surface area contributed by atoms with Crippen LogP contribution in [0.25, 0.3) is 10.9 Å². The second kappa shape index (κ2) is 6.78. The lowest BCUT2D eigenvalue weighted by molar-refractivity contribution is 0.0562. The van der Waals surface area contributed by atoms with Crippen LogP contribution in [0.3, 0.4) is 0 Å². The Kier molecular flexibility index (Phi) is 4.73. The molecule has 1 fully saturated rings. The van der Waals surface area contributed by atoms with E-state index in [1.54, 1.807) is 10.6 Å². The number of nitrogens with zero attached hydrogens (tertiary/aromatic N) is 2. The van der Waals surface area contributed by atoms with Crippen molar-refractivity contribution in [3.63, 3.8) is 0 Å². The third kappa shape index (κ3) is 2.74. The number of aryl methyl sites for hydroxylation is 1. The Morgan fingerprint density at radius 1 is 1.38 bits per heavy atom. The number of morpholine rings is 1. The molecule has 3 rings (SSSR count). The molecule has 0 amide bonds. The van der Waals surface area contributed by atoms with Crippen molar-refractivity contribution in [3.8, 4) is 5.75 Å². The molecule has 0 saturated carbocycles. The Hall–Kier alpha value is -2.12. The summed E-state index contributed by atoms with van der Waals surface area (Å²) in [4.78, 5) is 25.9. The molecule has 0 aliphatic carbocycles. The highest BCUT2D eigenvalue weighted by molar-refractivity contribution is 5.79. The summed E-state index contributed by atoms with van der Waals surface area (Å²) in [7, 11) is 0. The number of ether oxygens (including phenoxy) is 1. The fourth-order valence-electron chi connectivity index (χ4n) is 3.46. The average Bonchev–Trinajstić information content (AvgIpc) is 2.60. The van der Waals surface area contributed by atoms with Gasteiger partial charge in [-0.25, -0.2) is 4.79 Å². The Bertz CT molecular complexity index is 849. The van der Waals surface area contributed by atoms with Gasteiger partial charge in [-0.3, -0.25) is 13.9 Å². The van der Waals surface area contributed by atoms with Crippen molar-refractivity contribution in [1.29, 1.82) is 0 Å². The zero-order valence-electron chi connectivity index (χ0n) is 14.0. The molecule has 1 aromatic carbocycles. The van der Waals surface area contributed by atoms with E-state index in [1.165, 1.54) is 16.7 Å². The van der Waals surface area contributed by atoms with E-state index < -0.39 is 0 Å². The van der Waals surface area contributed by atoms with Gasteiger partial charge in [-0.05, 0) is 31.5 Å². The smallest absolute Gasteiger partial charge is 0.331 e. The summed E-state index contributed by atoms with van der Waals surface area (Å²) in [5, 5.41) is 13.4. The predicted molar refractivity (Wildman–Crippen MR) is 91.7 cm³/mol. The van der Waals surface area contributed by atoms with Gasteiger partial charge in [0, 0.05) is 13.1 Å². The molecule has 0 radical (unpaired) electrons. The number of fused-ring (bicyclic) bond motifs is 1. The Labute approximate surface area is 139 Å². The normalized spacial score (nSPS) is 19.5. The third-order valence-electron chi connectivity index (χ3n) is 4.64. The van der Waals surface area contributed by atoms with Gasteiger partial charge in [0.2, 0.25) is 0 Å². The number of phenols is 1. The van der Waals surface area contributed by atoms with Crippen LogP contribution in [0.5, 0.6) is 5.75 Å². The van der Waals surface area contributed by atoms with Gasteiger partial charge in [-0.2, -0.15) is 0 Å². The molecule has 2 aromatic rings. The first-order chi connectivity index (χ1) is 11.6. The van der Waals surface area contributed by atoms with Gasteiger partial charge in [0.05, 0.1) is 36.2 Å². The van der Waals surface area contributed by atoms with Crippen LogP contribution in [0.4, 0.5) is 0 Å². The van der Waals surface area contributed by atoms with Crippen molar-refractivity contribution in [2.45, 2.75) is 38.9 Å². The van der Waals surface area contributed by atoms with Crippen molar-refractivity contribution in [2.75, 3.05) is 19.8 Å². The minimum Gasteiger partial charge on any atom is -0.508 e. The lowest BCUT2D eigenvalue weighted by Gasteiger charge is -2.32. The maximum Gasteiger partial charge on any atom is 0.331 e. The van der Waals surface area contributed by atoms with E-state index in [0.29, 0.717) is 43.6 Å². The van der Waals surface area contributed by atoms with Gasteiger partial charge >= 0.3 is 5.69 Å². The Morgan fingerprint density at radius 2 is 2.17 bits per heavy atom. The molecule has 2 atom stereocenters. The number of aromatic hydroxyl groups is 1. The highest BCUT2D eigenvalue weighted by Crippen LogP contribution is 2.19. The fraction of sp³-hybridized carbons (Fsp3) is 0.529. The van der Waals surface area contributed by atoms with E-state index >= 15 is 0 Å². The van der Waals surface area contributed by atoms with Crippen molar-refractivity contribution in [3.05, 3.63) is 39.0 Å². The van der Waals surface area contributed by atoms with Crippen LogP contribution >= 0.6 is 0 Å². The first-order valence-electron chi connectivity index (χ1n) is 8.37. The summed E-state index contributed by atoms with van der Waals surface area (Å²) in [6, 6.07) is 4.15. The number of phenolic OH excluding ortho intramolecular Hbond substituents is 1. The lowest BCUT2D eigenvalue weighted by atomic mass is 10.0. The minimum atomic E-state index is -0.366. The second-order valence-electron chi connectivity index (χ2n) is 6.01. The molecule has 1 saturated heterocycles. The van der Waals surface area contributed by atoms with E-state index in [4.69, 9.17) is 4.74 Å². The summed E-state index contributed by atoms with van der Waals surface area (Å²) in [6.07, 6.45) is 0.629.